The van der Waals surface area contributed by atoms with Gasteiger partial charge < -0.3 is 9.73 Å². The lowest BCUT2D eigenvalue weighted by Crippen LogP contribution is -2.24. The van der Waals surface area contributed by atoms with E-state index in [-0.39, 0.29) is 17.7 Å². The van der Waals surface area contributed by atoms with E-state index in [4.69, 9.17) is 4.42 Å². The largest absolute Gasteiger partial charge is 0.469 e. The summed E-state index contributed by atoms with van der Waals surface area (Å²) in [5.74, 6) is 1.27. The summed E-state index contributed by atoms with van der Waals surface area (Å²) in [4.78, 5) is 16.2. The number of aromatic nitrogens is 3. The number of carbonyl (C=O) groups excluding carboxylic acids is 1. The molecule has 0 unspecified atom stereocenters. The Balaban J connectivity index is 1.32. The molecule has 3 aromatic rings. The first-order chi connectivity index (χ1) is 11.8. The van der Waals surface area contributed by atoms with Gasteiger partial charge in [-0.3, -0.25) is 4.79 Å². The van der Waals surface area contributed by atoms with Crippen molar-refractivity contribution in [2.75, 3.05) is 0 Å². The predicted octanol–water partition coefficient (Wildman–Crippen LogP) is 2.34. The van der Waals surface area contributed by atoms with Crippen LogP contribution >= 0.6 is 0 Å². The third-order valence-electron chi connectivity index (χ3n) is 4.31. The van der Waals surface area contributed by atoms with Crippen molar-refractivity contribution in [2.45, 2.75) is 25.4 Å². The highest BCUT2D eigenvalue weighted by Crippen LogP contribution is 2.47. The molecule has 1 aliphatic carbocycles. The molecule has 4 rings (SSSR count). The minimum absolute atomic E-state index is 0.0366. The van der Waals surface area contributed by atoms with Crippen LogP contribution in [0.1, 0.15) is 29.2 Å². The molecule has 0 bridgehead atoms. The second-order valence-corrected chi connectivity index (χ2v) is 6.09. The maximum atomic E-state index is 12.3. The number of benzene rings is 1. The normalized spacial score (nSPS) is 19.2. The number of nitrogens with one attached hydrogen (secondary N) is 1. The summed E-state index contributed by atoms with van der Waals surface area (Å²) in [5, 5.41) is 7.13. The first-order valence-electron chi connectivity index (χ1n) is 8.01. The van der Waals surface area contributed by atoms with Gasteiger partial charge in [-0.05, 0) is 29.7 Å². The second-order valence-electron chi connectivity index (χ2n) is 6.09. The molecule has 6 heteroatoms. The molecule has 6 nitrogen and oxygen atoms in total. The SMILES string of the molecule is O=C(NCc1cccc(Cn2cncn2)c1)[C@@H]1C[C@H]1c1ccco1. The quantitative estimate of drug-likeness (QED) is 0.756. The average Bonchev–Trinajstić information content (AvgIpc) is 3.00. The molecule has 1 saturated carbocycles. The van der Waals surface area contributed by atoms with E-state index in [1.807, 2.05) is 30.3 Å². The van der Waals surface area contributed by atoms with E-state index in [2.05, 4.69) is 21.5 Å². The van der Waals surface area contributed by atoms with Crippen LogP contribution in [0.25, 0.3) is 0 Å². The lowest BCUT2D eigenvalue weighted by atomic mass is 10.1. The Morgan fingerprint density at radius 3 is 3.00 bits per heavy atom. The van der Waals surface area contributed by atoms with Gasteiger partial charge in [0.25, 0.3) is 0 Å². The molecule has 2 heterocycles. The van der Waals surface area contributed by atoms with E-state index in [1.165, 1.54) is 6.33 Å². The minimum atomic E-state index is 0.0366. The summed E-state index contributed by atoms with van der Waals surface area (Å²) in [6.45, 7) is 1.20. The summed E-state index contributed by atoms with van der Waals surface area (Å²) in [6, 6.07) is 11.9. The summed E-state index contributed by atoms with van der Waals surface area (Å²) < 4.78 is 7.15. The van der Waals surface area contributed by atoms with Gasteiger partial charge in [-0.1, -0.05) is 24.3 Å². The fraction of sp³-hybridized carbons (Fsp3) is 0.278. The molecule has 0 saturated heterocycles. The standard InChI is InChI=1S/C18H18N4O2/c23-18(16-8-15(16)17-5-2-6-24-17)20-9-13-3-1-4-14(7-13)10-22-12-19-11-21-22/h1-7,11-12,15-16H,8-10H2,(H,20,23)/t15-,16-/m1/s1. The Morgan fingerprint density at radius 1 is 1.29 bits per heavy atom. The summed E-state index contributed by atoms with van der Waals surface area (Å²) in [7, 11) is 0. The maximum absolute atomic E-state index is 12.3. The van der Waals surface area contributed by atoms with E-state index in [0.717, 1.165) is 23.3 Å². The number of nitrogens with zero attached hydrogens (tertiary/aromatic N) is 3. The summed E-state index contributed by atoms with van der Waals surface area (Å²) in [6.07, 6.45) is 5.74. The van der Waals surface area contributed by atoms with Gasteiger partial charge in [0.2, 0.25) is 5.91 Å². The lowest BCUT2D eigenvalue weighted by Gasteiger charge is -2.07. The molecular formula is C18H18N4O2. The zero-order valence-corrected chi connectivity index (χ0v) is 13.1. The first kappa shape index (κ1) is 14.7. The molecule has 1 N–H and O–H groups in total. The lowest BCUT2D eigenvalue weighted by molar-refractivity contribution is -0.122. The Kier molecular flexibility index (Phi) is 3.86. The van der Waals surface area contributed by atoms with E-state index in [9.17, 15) is 4.79 Å². The van der Waals surface area contributed by atoms with Crippen molar-refractivity contribution < 1.29 is 9.21 Å². The van der Waals surface area contributed by atoms with Gasteiger partial charge in [0.05, 0.1) is 12.8 Å². The van der Waals surface area contributed by atoms with Crippen LogP contribution in [0.4, 0.5) is 0 Å². The first-order valence-corrected chi connectivity index (χ1v) is 8.01. The van der Waals surface area contributed by atoms with Gasteiger partial charge in [-0.2, -0.15) is 5.10 Å². The molecular weight excluding hydrogens is 304 g/mol. The van der Waals surface area contributed by atoms with Crippen LogP contribution in [-0.4, -0.2) is 20.7 Å². The van der Waals surface area contributed by atoms with E-state index in [1.54, 1.807) is 17.3 Å². The highest BCUT2D eigenvalue weighted by Gasteiger charge is 2.45. The Labute approximate surface area is 139 Å². The maximum Gasteiger partial charge on any atom is 0.224 e. The molecule has 0 aliphatic heterocycles. The van der Waals surface area contributed by atoms with Gasteiger partial charge in [-0.25, -0.2) is 9.67 Å². The van der Waals surface area contributed by atoms with Crippen LogP contribution in [-0.2, 0) is 17.9 Å². The average molecular weight is 322 g/mol. The van der Waals surface area contributed by atoms with Crippen molar-refractivity contribution in [1.29, 1.82) is 0 Å². The number of amides is 1. The molecule has 1 aromatic carbocycles. The van der Waals surface area contributed by atoms with E-state index >= 15 is 0 Å². The summed E-state index contributed by atoms with van der Waals surface area (Å²) >= 11 is 0. The molecule has 0 spiro atoms. The monoisotopic (exact) mass is 322 g/mol. The molecule has 24 heavy (non-hydrogen) atoms. The Morgan fingerprint density at radius 2 is 2.21 bits per heavy atom. The highest BCUT2D eigenvalue weighted by atomic mass is 16.3. The zero-order chi connectivity index (χ0) is 16.4. The van der Waals surface area contributed by atoms with Crippen LogP contribution < -0.4 is 5.32 Å². The van der Waals surface area contributed by atoms with Crippen LogP contribution in [0.5, 0.6) is 0 Å². The Bertz CT molecular complexity index is 811. The van der Waals surface area contributed by atoms with Crippen molar-refractivity contribution in [2.24, 2.45) is 5.92 Å². The molecule has 1 aliphatic rings. The van der Waals surface area contributed by atoms with Crippen molar-refractivity contribution in [3.8, 4) is 0 Å². The number of hydrogen-bond donors (Lipinski definition) is 1. The van der Waals surface area contributed by atoms with Crippen LogP contribution in [0.3, 0.4) is 0 Å². The second kappa shape index (κ2) is 6.31. The minimum Gasteiger partial charge on any atom is -0.469 e. The fourth-order valence-corrected chi connectivity index (χ4v) is 2.96. The third kappa shape index (κ3) is 3.22. The van der Waals surface area contributed by atoms with Gasteiger partial charge in [0.1, 0.15) is 18.4 Å². The van der Waals surface area contributed by atoms with E-state index in [0.29, 0.717) is 13.1 Å². The number of carbonyl (C=O) groups is 1. The molecule has 1 amide bonds. The van der Waals surface area contributed by atoms with Gasteiger partial charge in [0, 0.05) is 18.4 Å². The van der Waals surface area contributed by atoms with Crippen molar-refractivity contribution >= 4 is 5.91 Å². The fourth-order valence-electron chi connectivity index (χ4n) is 2.96. The van der Waals surface area contributed by atoms with Crippen LogP contribution in [0.15, 0.2) is 59.7 Å². The van der Waals surface area contributed by atoms with Crippen molar-refractivity contribution in [1.82, 2.24) is 20.1 Å². The van der Waals surface area contributed by atoms with Crippen molar-refractivity contribution in [3.05, 3.63) is 72.2 Å². The number of furan rings is 1. The molecule has 2 atom stereocenters. The van der Waals surface area contributed by atoms with Gasteiger partial charge in [0.15, 0.2) is 0 Å². The highest BCUT2D eigenvalue weighted by molar-refractivity contribution is 5.82. The van der Waals surface area contributed by atoms with E-state index < -0.39 is 0 Å². The van der Waals surface area contributed by atoms with Crippen molar-refractivity contribution in [3.63, 3.8) is 0 Å². The smallest absolute Gasteiger partial charge is 0.224 e. The molecule has 0 radical (unpaired) electrons. The number of hydrogen-bond acceptors (Lipinski definition) is 4. The van der Waals surface area contributed by atoms with Gasteiger partial charge in [-0.15, -0.1) is 0 Å². The number of rotatable bonds is 6. The van der Waals surface area contributed by atoms with Crippen LogP contribution in [0.2, 0.25) is 0 Å². The molecule has 1 fully saturated rings. The zero-order valence-electron chi connectivity index (χ0n) is 13.1. The Hall–Kier alpha value is -2.89. The summed E-state index contributed by atoms with van der Waals surface area (Å²) in [5.41, 5.74) is 2.21. The molecule has 2 aromatic heterocycles. The topological polar surface area (TPSA) is 73.0 Å². The predicted molar refractivity (Wildman–Crippen MR) is 87.0 cm³/mol. The van der Waals surface area contributed by atoms with Crippen LogP contribution in [0, 0.1) is 5.92 Å². The van der Waals surface area contributed by atoms with Gasteiger partial charge >= 0.3 is 0 Å². The third-order valence-corrected chi connectivity index (χ3v) is 4.31. The molecule has 122 valence electrons.